The van der Waals surface area contributed by atoms with E-state index < -0.39 is 48.8 Å². The molecule has 0 saturated heterocycles. The van der Waals surface area contributed by atoms with Gasteiger partial charge in [0.25, 0.3) is 0 Å². The summed E-state index contributed by atoms with van der Waals surface area (Å²) in [5.74, 6) is -0.441. The molecule has 10 heteroatoms. The van der Waals surface area contributed by atoms with Gasteiger partial charge in [-0.05, 0) is 54.6 Å². The molecule has 4 N–H and O–H groups in total. The van der Waals surface area contributed by atoms with E-state index in [0.29, 0.717) is 23.9 Å². The Bertz CT molecular complexity index is 1210. The third kappa shape index (κ3) is 4.27. The van der Waals surface area contributed by atoms with E-state index in [1.165, 1.54) is 0 Å². The van der Waals surface area contributed by atoms with E-state index in [1.54, 1.807) is 18.2 Å². The number of aliphatic hydroxyl groups excluding tert-OH is 1. The van der Waals surface area contributed by atoms with Gasteiger partial charge in [-0.15, -0.1) is 6.58 Å². The molecule has 3 fully saturated rings. The minimum Gasteiger partial charge on any atom is -0.480 e. The predicted molar refractivity (Wildman–Crippen MR) is 152 cm³/mol. The summed E-state index contributed by atoms with van der Waals surface area (Å²) in [5.41, 5.74) is 5.14. The molecule has 9 unspecified atom stereocenters. The maximum atomic E-state index is 13.5. The third-order valence-corrected chi connectivity index (χ3v) is 11.6. The van der Waals surface area contributed by atoms with Crippen LogP contribution in [-0.4, -0.2) is 54.4 Å². The quantitative estimate of drug-likeness (QED) is 0.269. The fourth-order valence-corrected chi connectivity index (χ4v) is 8.86. The first kappa shape index (κ1) is 29.6. The highest BCUT2D eigenvalue weighted by atomic mass is 35.5. The molecule has 1 aromatic rings. The molecule has 218 valence electrons. The molecular weight excluding hydrogens is 533 g/mol. The van der Waals surface area contributed by atoms with Gasteiger partial charge in [-0.1, -0.05) is 51.4 Å². The number of ketones is 1. The zero-order chi connectivity index (χ0) is 29.2. The summed E-state index contributed by atoms with van der Waals surface area (Å²) in [7, 11) is -1.23. The average molecular weight is 574 g/mol. The van der Waals surface area contributed by atoms with Gasteiger partial charge in [-0.2, -0.15) is 0 Å². The van der Waals surface area contributed by atoms with Gasteiger partial charge in [0.1, 0.15) is 17.6 Å². The van der Waals surface area contributed by atoms with Gasteiger partial charge in [0.2, 0.25) is 0 Å². The number of fused-ring (bicyclic) bond motifs is 1. The molecule has 1 aromatic carbocycles. The van der Waals surface area contributed by atoms with E-state index in [1.807, 2.05) is 6.92 Å². The highest BCUT2D eigenvalue weighted by Gasteiger charge is 2.68. The van der Waals surface area contributed by atoms with Gasteiger partial charge < -0.3 is 30.0 Å². The molecule has 0 radical (unpaired) electrons. The number of ether oxygens (including phenoxy) is 2. The maximum absolute atomic E-state index is 13.5. The van der Waals surface area contributed by atoms with Crippen LogP contribution in [0.3, 0.4) is 0 Å². The number of benzene rings is 1. The highest BCUT2D eigenvalue weighted by Crippen LogP contribution is 2.68. The van der Waals surface area contributed by atoms with E-state index in [0.717, 1.165) is 19.3 Å². The number of Topliss-reactive ketones (excluding diaryl/α,β-unsaturated/α-hetero) is 1. The van der Waals surface area contributed by atoms with Crippen molar-refractivity contribution in [2.24, 2.45) is 39.7 Å². The normalized spacial score (nSPS) is 40.6. The summed E-state index contributed by atoms with van der Waals surface area (Å²) in [6.07, 6.45) is 3.27. The van der Waals surface area contributed by atoms with E-state index in [4.69, 9.17) is 31.5 Å². The average Bonchev–Trinajstić information content (AvgIpc) is 3.46. The molecule has 3 saturated carbocycles. The van der Waals surface area contributed by atoms with Crippen LogP contribution in [0.5, 0.6) is 5.75 Å². The number of carbonyl (C=O) groups excluding carboxylic acids is 2. The van der Waals surface area contributed by atoms with Crippen molar-refractivity contribution in [1.82, 2.24) is 0 Å². The lowest BCUT2D eigenvalue weighted by molar-refractivity contribution is -0.207. The van der Waals surface area contributed by atoms with Crippen molar-refractivity contribution in [3.8, 4) is 5.75 Å². The van der Waals surface area contributed by atoms with Gasteiger partial charge in [-0.25, -0.2) is 4.79 Å². The summed E-state index contributed by atoms with van der Waals surface area (Å²) in [4.78, 5) is 26.9. The van der Waals surface area contributed by atoms with Crippen molar-refractivity contribution in [2.75, 3.05) is 13.2 Å². The van der Waals surface area contributed by atoms with Crippen molar-refractivity contribution < 1.29 is 33.8 Å². The second-order valence-electron chi connectivity index (χ2n) is 12.9. The van der Waals surface area contributed by atoms with Gasteiger partial charge in [0, 0.05) is 35.2 Å². The van der Waals surface area contributed by atoms with Gasteiger partial charge in [-0.3, -0.25) is 4.79 Å². The maximum Gasteiger partial charge on any atom is 0.493 e. The Labute approximate surface area is 241 Å². The first-order valence-electron chi connectivity index (χ1n) is 14.4. The fraction of sp³-hybridized carbons (Fsp3) is 0.667. The third-order valence-electron chi connectivity index (χ3n) is 11.2. The lowest BCUT2D eigenvalue weighted by Crippen LogP contribution is -2.63. The Hall–Kier alpha value is -1.91. The molecular formula is C30H41BClNO7. The molecule has 1 aliphatic heterocycles. The Morgan fingerprint density at radius 1 is 1.32 bits per heavy atom. The Morgan fingerprint density at radius 2 is 2.05 bits per heavy atom. The molecule has 3 aliphatic carbocycles. The van der Waals surface area contributed by atoms with Crippen LogP contribution in [0.4, 0.5) is 0 Å². The molecule has 0 spiro atoms. The van der Waals surface area contributed by atoms with Crippen LogP contribution in [0.1, 0.15) is 71.5 Å². The monoisotopic (exact) mass is 573 g/mol. The van der Waals surface area contributed by atoms with E-state index in [9.17, 15) is 19.7 Å². The van der Waals surface area contributed by atoms with Gasteiger partial charge >= 0.3 is 13.1 Å². The zero-order valence-corrected chi connectivity index (χ0v) is 24.6. The second kappa shape index (κ2) is 10.4. The van der Waals surface area contributed by atoms with Gasteiger partial charge in [0.05, 0.1) is 17.2 Å². The Morgan fingerprint density at radius 3 is 2.73 bits per heavy atom. The summed E-state index contributed by atoms with van der Waals surface area (Å²) < 4.78 is 17.5. The van der Waals surface area contributed by atoms with Crippen LogP contribution in [0.15, 0.2) is 24.8 Å². The van der Waals surface area contributed by atoms with Crippen LogP contribution in [0, 0.1) is 34.0 Å². The van der Waals surface area contributed by atoms with Crippen molar-refractivity contribution in [1.29, 1.82) is 0 Å². The fourth-order valence-electron chi connectivity index (χ4n) is 8.54. The van der Waals surface area contributed by atoms with Crippen LogP contribution in [0.2, 0.25) is 5.02 Å². The summed E-state index contributed by atoms with van der Waals surface area (Å²) in [6, 6.07) is 3.34. The minimum atomic E-state index is -1.23. The number of rotatable bonds is 6. The number of carbonyl (C=O) groups is 2. The number of esters is 1. The first-order chi connectivity index (χ1) is 18.8. The molecule has 40 heavy (non-hydrogen) atoms. The van der Waals surface area contributed by atoms with Crippen LogP contribution in [-0.2, 0) is 19.0 Å². The predicted octanol–water partition coefficient (Wildman–Crippen LogP) is 3.34. The van der Waals surface area contributed by atoms with Crippen molar-refractivity contribution in [2.45, 2.75) is 78.1 Å². The topological polar surface area (TPSA) is 128 Å². The van der Waals surface area contributed by atoms with Crippen molar-refractivity contribution in [3.05, 3.63) is 35.4 Å². The molecule has 9 atom stereocenters. The smallest absolute Gasteiger partial charge is 0.480 e. The zero-order valence-electron chi connectivity index (χ0n) is 23.8. The van der Waals surface area contributed by atoms with Crippen LogP contribution < -0.4 is 15.9 Å². The molecule has 0 aromatic heterocycles. The standard InChI is InChI=1S/C30H41BClNO7/c1-6-28(4)13-22(29(5)16(2)9-11-30(17(3)27(28)36)12-10-19(34)26(29)30)39-23(35)15-38-20-8-7-18-21(14-33)40-31(37)24(18)25(20)32/h6-8,16-17,21-22,26-27,36-37H,1,9-15,33H2,2-5H3. The minimum absolute atomic E-state index is 0.0982. The van der Waals surface area contributed by atoms with E-state index in [-0.39, 0.29) is 46.3 Å². The summed E-state index contributed by atoms with van der Waals surface area (Å²) >= 11 is 6.52. The number of hydrogen-bond acceptors (Lipinski definition) is 8. The molecule has 8 nitrogen and oxygen atoms in total. The SMILES string of the molecule is C=CC1(C)CC(OC(=O)COc2ccc3c(c2Cl)B(O)OC3CN)C2(C)C(C)CCC3(CCC(=O)C32)C(C)C1O. The molecule has 2 bridgehead atoms. The molecule has 5 rings (SSSR count). The summed E-state index contributed by atoms with van der Waals surface area (Å²) in [5, 5.41) is 22.1. The van der Waals surface area contributed by atoms with E-state index >= 15 is 0 Å². The number of nitrogens with two attached hydrogens (primary N) is 1. The number of aliphatic hydroxyl groups is 1. The number of halogens is 1. The Balaban J connectivity index is 1.43. The largest absolute Gasteiger partial charge is 0.493 e. The first-order valence-corrected chi connectivity index (χ1v) is 14.7. The van der Waals surface area contributed by atoms with Crippen molar-refractivity contribution >= 4 is 35.9 Å². The summed E-state index contributed by atoms with van der Waals surface area (Å²) in [6.45, 7) is 12.1. The highest BCUT2D eigenvalue weighted by molar-refractivity contribution is 6.65. The number of hydrogen-bond donors (Lipinski definition) is 3. The lowest BCUT2D eigenvalue weighted by Gasteiger charge is -2.61. The van der Waals surface area contributed by atoms with E-state index in [2.05, 4.69) is 27.4 Å². The molecule has 0 amide bonds. The molecule has 4 aliphatic rings. The van der Waals surface area contributed by atoms with Crippen LogP contribution >= 0.6 is 11.6 Å². The van der Waals surface area contributed by atoms with Gasteiger partial charge in [0.15, 0.2) is 6.61 Å². The lowest BCUT2D eigenvalue weighted by atomic mass is 9.44. The Kier molecular flexibility index (Phi) is 7.71. The second-order valence-corrected chi connectivity index (χ2v) is 13.3. The van der Waals surface area contributed by atoms with Crippen LogP contribution in [0.25, 0.3) is 0 Å². The molecule has 1 heterocycles. The van der Waals surface area contributed by atoms with Crippen molar-refractivity contribution in [3.63, 3.8) is 0 Å².